The number of rotatable bonds is 8. The summed E-state index contributed by atoms with van der Waals surface area (Å²) < 4.78 is 33.1. The fourth-order valence-corrected chi connectivity index (χ4v) is 4.57. The van der Waals surface area contributed by atoms with E-state index in [0.29, 0.717) is 28.2 Å². The first kappa shape index (κ1) is 28.6. The van der Waals surface area contributed by atoms with Crippen molar-refractivity contribution in [3.8, 4) is 22.8 Å². The van der Waals surface area contributed by atoms with E-state index in [4.69, 9.17) is 4.74 Å². The van der Waals surface area contributed by atoms with E-state index in [1.807, 2.05) is 39.1 Å². The van der Waals surface area contributed by atoms with Gasteiger partial charge < -0.3 is 15.4 Å². The standard InChI is InChI=1S/C31H27F2N3O2.C2H6.H2/c1-20-27(30(37)36-19-21-14-24(32)17-25(33)15-21)8-4-9-29(20)38-26-10-13-35-28(18-26)22-6-3-7-23(16-22)31(34-2)11-5-12-31;1-2;/h3-11,13-18,34H,12,19H2,1-2H3,(H,36,37);1-2H3;1H. The van der Waals surface area contributed by atoms with Crippen LogP contribution in [0.5, 0.6) is 11.5 Å². The van der Waals surface area contributed by atoms with Gasteiger partial charge in [0.05, 0.1) is 11.2 Å². The van der Waals surface area contributed by atoms with E-state index in [9.17, 15) is 13.6 Å². The van der Waals surface area contributed by atoms with Crippen LogP contribution in [0.2, 0.25) is 0 Å². The lowest BCUT2D eigenvalue weighted by Gasteiger charge is -2.36. The minimum absolute atomic E-state index is 0. The SMILES string of the molecule is CC.CNC1(c2cccc(-c3cc(Oc4cccc(C(=O)NCc5cc(F)cc(F)c5)c4C)ccn3)c2)C=CC1.[HH]. The molecule has 1 heterocycles. The molecule has 0 radical (unpaired) electrons. The van der Waals surface area contributed by atoms with E-state index in [1.165, 1.54) is 17.7 Å². The lowest BCUT2D eigenvalue weighted by atomic mass is 9.78. The smallest absolute Gasteiger partial charge is 0.251 e. The van der Waals surface area contributed by atoms with Crippen LogP contribution in [-0.4, -0.2) is 17.9 Å². The van der Waals surface area contributed by atoms with Crippen LogP contribution in [0.1, 0.15) is 48.7 Å². The van der Waals surface area contributed by atoms with Gasteiger partial charge in [0.15, 0.2) is 0 Å². The maximum atomic E-state index is 13.5. The third-order valence-corrected chi connectivity index (χ3v) is 6.83. The molecule has 0 aliphatic heterocycles. The number of carbonyl (C=O) groups excluding carboxylic acids is 1. The Balaban J connectivity index is 0.00000151. The molecule has 7 heteroatoms. The highest BCUT2D eigenvalue weighted by Crippen LogP contribution is 2.36. The van der Waals surface area contributed by atoms with Crippen molar-refractivity contribution in [2.45, 2.75) is 39.3 Å². The maximum absolute atomic E-state index is 13.5. The summed E-state index contributed by atoms with van der Waals surface area (Å²) in [5.41, 5.74) is 4.16. The molecule has 3 aromatic carbocycles. The van der Waals surface area contributed by atoms with Crippen LogP contribution in [0.15, 0.2) is 91.1 Å². The van der Waals surface area contributed by atoms with Crippen LogP contribution < -0.4 is 15.4 Å². The fourth-order valence-electron chi connectivity index (χ4n) is 4.57. The average Bonchev–Trinajstić information content (AvgIpc) is 2.94. The van der Waals surface area contributed by atoms with E-state index in [2.05, 4.69) is 39.9 Å². The number of hydrogen-bond acceptors (Lipinski definition) is 4. The molecular weight excluding hydrogens is 508 g/mol. The summed E-state index contributed by atoms with van der Waals surface area (Å²) in [6.45, 7) is 5.79. The number of benzene rings is 3. The highest BCUT2D eigenvalue weighted by atomic mass is 19.1. The minimum atomic E-state index is -0.689. The predicted octanol–water partition coefficient (Wildman–Crippen LogP) is 7.70. The van der Waals surface area contributed by atoms with Gasteiger partial charge in [0.2, 0.25) is 0 Å². The van der Waals surface area contributed by atoms with Crippen molar-refractivity contribution in [3.63, 3.8) is 0 Å². The van der Waals surface area contributed by atoms with Crippen molar-refractivity contribution in [2.24, 2.45) is 0 Å². The van der Waals surface area contributed by atoms with E-state index in [0.717, 1.165) is 23.7 Å². The Morgan fingerprint density at radius 3 is 2.42 bits per heavy atom. The number of ether oxygens (including phenoxy) is 1. The van der Waals surface area contributed by atoms with Crippen LogP contribution >= 0.6 is 0 Å². The first-order valence-electron chi connectivity index (χ1n) is 13.3. The van der Waals surface area contributed by atoms with E-state index in [-0.39, 0.29) is 19.4 Å². The second-order valence-electron chi connectivity index (χ2n) is 9.28. The summed E-state index contributed by atoms with van der Waals surface area (Å²) in [5.74, 6) is -0.637. The molecule has 1 aliphatic carbocycles. The number of hydrogen-bond donors (Lipinski definition) is 2. The third-order valence-electron chi connectivity index (χ3n) is 6.83. The lowest BCUT2D eigenvalue weighted by molar-refractivity contribution is 0.0949. The molecule has 2 N–H and O–H groups in total. The Kier molecular flexibility index (Phi) is 9.07. The van der Waals surface area contributed by atoms with Crippen molar-refractivity contribution >= 4 is 5.91 Å². The van der Waals surface area contributed by atoms with Crippen LogP contribution in [0, 0.1) is 18.6 Å². The number of amides is 1. The number of halogens is 2. The first-order valence-corrected chi connectivity index (χ1v) is 13.3. The zero-order valence-corrected chi connectivity index (χ0v) is 23.1. The van der Waals surface area contributed by atoms with Gasteiger partial charge in [-0.1, -0.05) is 50.3 Å². The third kappa shape index (κ3) is 6.26. The molecule has 1 unspecified atom stereocenters. The quantitative estimate of drug-likeness (QED) is 0.224. The van der Waals surface area contributed by atoms with Gasteiger partial charge in [-0.2, -0.15) is 0 Å². The molecule has 1 aromatic heterocycles. The van der Waals surface area contributed by atoms with Crippen LogP contribution in [0.4, 0.5) is 8.78 Å². The van der Waals surface area contributed by atoms with Crippen LogP contribution in [0.3, 0.4) is 0 Å². The molecule has 5 nitrogen and oxygen atoms in total. The van der Waals surface area contributed by atoms with Gasteiger partial charge in [0, 0.05) is 43.0 Å². The normalized spacial score (nSPS) is 15.4. The fraction of sp³-hybridized carbons (Fsp3) is 0.212. The van der Waals surface area contributed by atoms with E-state index >= 15 is 0 Å². The molecule has 1 aliphatic rings. The summed E-state index contributed by atoms with van der Waals surface area (Å²) in [5, 5.41) is 6.12. The molecule has 0 fully saturated rings. The summed E-state index contributed by atoms with van der Waals surface area (Å²) in [4.78, 5) is 17.4. The highest BCUT2D eigenvalue weighted by Gasteiger charge is 2.31. The Bertz CT molecular complexity index is 1520. The average molecular weight is 544 g/mol. The largest absolute Gasteiger partial charge is 0.457 e. The molecule has 0 spiro atoms. The van der Waals surface area contributed by atoms with Crippen molar-refractivity contribution in [2.75, 3.05) is 7.05 Å². The topological polar surface area (TPSA) is 63.2 Å². The molecule has 40 heavy (non-hydrogen) atoms. The zero-order chi connectivity index (χ0) is 28.7. The molecule has 0 bridgehead atoms. The van der Waals surface area contributed by atoms with Gasteiger partial charge in [0.1, 0.15) is 23.1 Å². The van der Waals surface area contributed by atoms with E-state index in [1.54, 1.807) is 37.4 Å². The van der Waals surface area contributed by atoms with Crippen LogP contribution in [-0.2, 0) is 12.1 Å². The second kappa shape index (κ2) is 12.7. The number of likely N-dealkylation sites (N-methyl/N-ethyl adjacent to an activating group) is 1. The molecule has 0 saturated carbocycles. The highest BCUT2D eigenvalue weighted by molar-refractivity contribution is 5.96. The Morgan fingerprint density at radius 1 is 1.02 bits per heavy atom. The van der Waals surface area contributed by atoms with Gasteiger partial charge in [-0.05, 0) is 67.9 Å². The Hall–Kier alpha value is -4.36. The molecule has 208 valence electrons. The molecular formula is C33H35F2N3O2. The predicted molar refractivity (Wildman–Crippen MR) is 156 cm³/mol. The van der Waals surface area contributed by atoms with Gasteiger partial charge in [-0.25, -0.2) is 8.78 Å². The first-order chi connectivity index (χ1) is 19.4. The molecule has 1 amide bonds. The Morgan fingerprint density at radius 2 is 1.75 bits per heavy atom. The number of nitrogens with zero attached hydrogens (tertiary/aromatic N) is 1. The van der Waals surface area contributed by atoms with Gasteiger partial charge >= 0.3 is 0 Å². The number of pyridine rings is 1. The monoisotopic (exact) mass is 543 g/mol. The van der Waals surface area contributed by atoms with E-state index < -0.39 is 11.6 Å². The summed E-state index contributed by atoms with van der Waals surface area (Å²) in [6.07, 6.45) is 6.94. The second-order valence-corrected chi connectivity index (χ2v) is 9.28. The van der Waals surface area contributed by atoms with Crippen molar-refractivity contribution in [1.29, 1.82) is 0 Å². The number of nitrogens with one attached hydrogen (secondary N) is 2. The zero-order valence-electron chi connectivity index (χ0n) is 23.1. The molecule has 4 aromatic rings. The van der Waals surface area contributed by atoms with Crippen LogP contribution in [0.25, 0.3) is 11.3 Å². The summed E-state index contributed by atoms with van der Waals surface area (Å²) in [7, 11) is 1.96. The summed E-state index contributed by atoms with van der Waals surface area (Å²) in [6, 6.07) is 20.3. The maximum Gasteiger partial charge on any atom is 0.251 e. The number of aromatic nitrogens is 1. The van der Waals surface area contributed by atoms with Crippen molar-refractivity contribution in [3.05, 3.63) is 125 Å². The lowest BCUT2D eigenvalue weighted by Crippen LogP contribution is -2.41. The van der Waals surface area contributed by atoms with Crippen molar-refractivity contribution in [1.82, 2.24) is 15.6 Å². The summed E-state index contributed by atoms with van der Waals surface area (Å²) >= 11 is 0. The number of carbonyl (C=O) groups is 1. The molecule has 0 saturated heterocycles. The minimum Gasteiger partial charge on any atom is -0.457 e. The van der Waals surface area contributed by atoms with Gasteiger partial charge in [-0.3, -0.25) is 9.78 Å². The van der Waals surface area contributed by atoms with Crippen molar-refractivity contribution < 1.29 is 19.7 Å². The van der Waals surface area contributed by atoms with Gasteiger partial charge in [-0.15, -0.1) is 0 Å². The Labute approximate surface area is 235 Å². The molecule has 1 atom stereocenters. The molecule has 5 rings (SSSR count). The van der Waals surface area contributed by atoms with Gasteiger partial charge in [0.25, 0.3) is 5.91 Å².